The van der Waals surface area contributed by atoms with E-state index in [4.69, 9.17) is 4.74 Å². The Morgan fingerprint density at radius 3 is 2.73 bits per heavy atom. The van der Waals surface area contributed by atoms with Crippen LogP contribution in [0.25, 0.3) is 0 Å². The SMILES string of the molecule is Cn1nnc(COC2CCC(O)CC2)n1. The van der Waals surface area contributed by atoms with Gasteiger partial charge in [0.15, 0.2) is 5.82 Å². The van der Waals surface area contributed by atoms with Crippen molar-refractivity contribution in [1.82, 2.24) is 20.2 Å². The topological polar surface area (TPSA) is 73.1 Å². The minimum absolute atomic E-state index is 0.139. The predicted molar refractivity (Wildman–Crippen MR) is 51.8 cm³/mol. The van der Waals surface area contributed by atoms with E-state index in [1.54, 1.807) is 7.05 Å². The van der Waals surface area contributed by atoms with E-state index in [9.17, 15) is 5.11 Å². The first-order valence-corrected chi connectivity index (χ1v) is 5.26. The van der Waals surface area contributed by atoms with E-state index in [-0.39, 0.29) is 12.2 Å². The molecule has 1 fully saturated rings. The lowest BCUT2D eigenvalue weighted by Gasteiger charge is -2.24. The molecule has 15 heavy (non-hydrogen) atoms. The van der Waals surface area contributed by atoms with Gasteiger partial charge in [0, 0.05) is 0 Å². The number of tetrazole rings is 1. The van der Waals surface area contributed by atoms with Crippen LogP contribution in [-0.4, -0.2) is 37.5 Å². The van der Waals surface area contributed by atoms with E-state index >= 15 is 0 Å². The van der Waals surface area contributed by atoms with Crippen molar-refractivity contribution in [2.24, 2.45) is 7.05 Å². The van der Waals surface area contributed by atoms with Gasteiger partial charge in [-0.3, -0.25) is 0 Å². The number of nitrogens with zero attached hydrogens (tertiary/aromatic N) is 4. The van der Waals surface area contributed by atoms with E-state index in [0.29, 0.717) is 12.4 Å². The van der Waals surface area contributed by atoms with Gasteiger partial charge in [-0.25, -0.2) is 0 Å². The Balaban J connectivity index is 1.74. The lowest BCUT2D eigenvalue weighted by molar-refractivity contribution is -0.0142. The standard InChI is InChI=1S/C9H16N4O2/c1-13-11-9(10-12-13)6-15-8-4-2-7(14)3-5-8/h7-8,14H,2-6H2,1H3. The van der Waals surface area contributed by atoms with Gasteiger partial charge in [0.2, 0.25) is 0 Å². The summed E-state index contributed by atoms with van der Waals surface area (Å²) in [4.78, 5) is 1.42. The fourth-order valence-electron chi connectivity index (χ4n) is 1.79. The molecule has 0 aliphatic heterocycles. The van der Waals surface area contributed by atoms with Gasteiger partial charge >= 0.3 is 0 Å². The number of rotatable bonds is 3. The van der Waals surface area contributed by atoms with Gasteiger partial charge in [0.1, 0.15) is 6.61 Å². The molecule has 0 saturated heterocycles. The van der Waals surface area contributed by atoms with Crippen molar-refractivity contribution in [2.75, 3.05) is 0 Å². The van der Waals surface area contributed by atoms with Gasteiger partial charge in [0.05, 0.1) is 19.3 Å². The van der Waals surface area contributed by atoms with Crippen LogP contribution in [0.4, 0.5) is 0 Å². The summed E-state index contributed by atoms with van der Waals surface area (Å²) in [6.07, 6.45) is 3.59. The molecule has 1 aromatic rings. The highest BCUT2D eigenvalue weighted by Crippen LogP contribution is 2.21. The van der Waals surface area contributed by atoms with Crippen LogP contribution < -0.4 is 0 Å². The maximum atomic E-state index is 9.32. The van der Waals surface area contributed by atoms with Crippen LogP contribution in [0.2, 0.25) is 0 Å². The smallest absolute Gasteiger partial charge is 0.200 e. The summed E-state index contributed by atoms with van der Waals surface area (Å²) < 4.78 is 5.64. The molecular weight excluding hydrogens is 196 g/mol. The predicted octanol–water partition coefficient (Wildman–Crippen LogP) is 0.0302. The number of hydrogen-bond donors (Lipinski definition) is 1. The van der Waals surface area contributed by atoms with E-state index in [2.05, 4.69) is 15.4 Å². The number of aliphatic hydroxyl groups excluding tert-OH is 1. The van der Waals surface area contributed by atoms with Gasteiger partial charge in [-0.05, 0) is 30.9 Å². The summed E-state index contributed by atoms with van der Waals surface area (Å²) in [5.74, 6) is 0.614. The average Bonchev–Trinajstić information content (AvgIpc) is 2.64. The molecular formula is C9H16N4O2. The first kappa shape index (κ1) is 10.5. The summed E-state index contributed by atoms with van der Waals surface area (Å²) >= 11 is 0. The van der Waals surface area contributed by atoms with Crippen LogP contribution in [0.5, 0.6) is 0 Å². The quantitative estimate of drug-likeness (QED) is 0.765. The lowest BCUT2D eigenvalue weighted by Crippen LogP contribution is -2.24. The molecule has 1 heterocycles. The summed E-state index contributed by atoms with van der Waals surface area (Å²) in [6.45, 7) is 0.411. The maximum Gasteiger partial charge on any atom is 0.200 e. The maximum absolute atomic E-state index is 9.32. The Bertz CT molecular complexity index is 307. The van der Waals surface area contributed by atoms with Gasteiger partial charge in [0.25, 0.3) is 0 Å². The second-order valence-electron chi connectivity index (χ2n) is 3.94. The fourth-order valence-corrected chi connectivity index (χ4v) is 1.79. The minimum Gasteiger partial charge on any atom is -0.393 e. The van der Waals surface area contributed by atoms with Crippen LogP contribution in [0, 0.1) is 0 Å². The first-order valence-electron chi connectivity index (χ1n) is 5.26. The normalized spacial score (nSPS) is 26.8. The molecule has 0 atom stereocenters. The van der Waals surface area contributed by atoms with E-state index in [0.717, 1.165) is 25.7 Å². The van der Waals surface area contributed by atoms with Crippen molar-refractivity contribution in [3.8, 4) is 0 Å². The van der Waals surface area contributed by atoms with Crippen LogP contribution in [0.1, 0.15) is 31.5 Å². The molecule has 6 heteroatoms. The van der Waals surface area contributed by atoms with Crippen LogP contribution in [0.3, 0.4) is 0 Å². The van der Waals surface area contributed by atoms with Crippen molar-refractivity contribution in [3.05, 3.63) is 5.82 Å². The zero-order chi connectivity index (χ0) is 10.7. The zero-order valence-electron chi connectivity index (χ0n) is 8.83. The summed E-state index contributed by atoms with van der Waals surface area (Å²) in [6, 6.07) is 0. The second kappa shape index (κ2) is 4.67. The van der Waals surface area contributed by atoms with Gasteiger partial charge in [-0.2, -0.15) is 4.80 Å². The highest BCUT2D eigenvalue weighted by atomic mass is 16.5. The molecule has 84 valence electrons. The third-order valence-corrected chi connectivity index (χ3v) is 2.64. The molecule has 0 unspecified atom stereocenters. The van der Waals surface area contributed by atoms with E-state index < -0.39 is 0 Å². The third-order valence-electron chi connectivity index (χ3n) is 2.64. The molecule has 1 aliphatic rings. The summed E-state index contributed by atoms with van der Waals surface area (Å²) in [7, 11) is 1.73. The first-order chi connectivity index (χ1) is 7.24. The highest BCUT2D eigenvalue weighted by molar-refractivity contribution is 4.75. The monoisotopic (exact) mass is 212 g/mol. The van der Waals surface area contributed by atoms with E-state index in [1.807, 2.05) is 0 Å². The molecule has 0 bridgehead atoms. The Kier molecular flexibility index (Phi) is 3.27. The largest absolute Gasteiger partial charge is 0.393 e. The number of aromatic nitrogens is 4. The molecule has 2 rings (SSSR count). The van der Waals surface area contributed by atoms with Crippen LogP contribution in [0.15, 0.2) is 0 Å². The van der Waals surface area contributed by atoms with Crippen molar-refractivity contribution >= 4 is 0 Å². The minimum atomic E-state index is -0.139. The molecule has 1 saturated carbocycles. The van der Waals surface area contributed by atoms with Crippen LogP contribution >= 0.6 is 0 Å². The fraction of sp³-hybridized carbons (Fsp3) is 0.889. The summed E-state index contributed by atoms with van der Waals surface area (Å²) in [5.41, 5.74) is 0. The van der Waals surface area contributed by atoms with Crippen molar-refractivity contribution in [3.63, 3.8) is 0 Å². The molecule has 0 amide bonds. The van der Waals surface area contributed by atoms with Gasteiger partial charge in [-0.1, -0.05) is 0 Å². The number of ether oxygens (including phenoxy) is 1. The van der Waals surface area contributed by atoms with Crippen LogP contribution in [-0.2, 0) is 18.4 Å². The highest BCUT2D eigenvalue weighted by Gasteiger charge is 2.20. The third kappa shape index (κ3) is 2.97. The molecule has 0 radical (unpaired) electrons. The zero-order valence-corrected chi connectivity index (χ0v) is 8.83. The molecule has 6 nitrogen and oxygen atoms in total. The Hall–Kier alpha value is -1.01. The molecule has 0 aromatic carbocycles. The Morgan fingerprint density at radius 2 is 2.13 bits per heavy atom. The number of hydrogen-bond acceptors (Lipinski definition) is 5. The number of aryl methyl sites for hydroxylation is 1. The van der Waals surface area contributed by atoms with Gasteiger partial charge in [-0.15, -0.1) is 10.2 Å². The number of aliphatic hydroxyl groups is 1. The van der Waals surface area contributed by atoms with Crippen molar-refractivity contribution < 1.29 is 9.84 Å². The van der Waals surface area contributed by atoms with Gasteiger partial charge < -0.3 is 9.84 Å². The van der Waals surface area contributed by atoms with Crippen molar-refractivity contribution in [2.45, 2.75) is 44.5 Å². The average molecular weight is 212 g/mol. The van der Waals surface area contributed by atoms with Crippen molar-refractivity contribution in [1.29, 1.82) is 0 Å². The molecule has 1 aliphatic carbocycles. The molecule has 1 N–H and O–H groups in total. The molecule has 0 spiro atoms. The Morgan fingerprint density at radius 1 is 1.40 bits per heavy atom. The van der Waals surface area contributed by atoms with E-state index in [1.165, 1.54) is 4.80 Å². The lowest BCUT2D eigenvalue weighted by atomic mass is 9.95. The molecule has 1 aromatic heterocycles. The Labute approximate surface area is 88.2 Å². The second-order valence-corrected chi connectivity index (χ2v) is 3.94. The summed E-state index contributed by atoms with van der Waals surface area (Å²) in [5, 5.41) is 20.9.